The lowest BCUT2D eigenvalue weighted by Crippen LogP contribution is -2.45. The molecule has 0 bridgehead atoms. The normalized spacial score (nSPS) is 15.3. The van der Waals surface area contributed by atoms with Gasteiger partial charge in [0, 0.05) is 25.3 Å². The number of oxazole rings is 1. The fourth-order valence-corrected chi connectivity index (χ4v) is 3.17. The number of carbonyl (C=O) groups is 1. The highest BCUT2D eigenvalue weighted by Gasteiger charge is 2.24. The van der Waals surface area contributed by atoms with Gasteiger partial charge in [0.25, 0.3) is 6.01 Å². The van der Waals surface area contributed by atoms with E-state index in [0.717, 1.165) is 31.5 Å². The molecule has 26 heavy (non-hydrogen) atoms. The summed E-state index contributed by atoms with van der Waals surface area (Å²) in [5.41, 5.74) is 2.09. The minimum absolute atomic E-state index is 0.0406. The van der Waals surface area contributed by atoms with E-state index in [4.69, 9.17) is 4.42 Å². The van der Waals surface area contributed by atoms with Crippen molar-refractivity contribution in [1.82, 2.24) is 15.3 Å². The third kappa shape index (κ3) is 3.66. The number of hydrogen-bond acceptors (Lipinski definition) is 5. The number of benzene rings is 1. The molecule has 0 radical (unpaired) electrons. The van der Waals surface area contributed by atoms with Gasteiger partial charge in [-0.15, -0.1) is 0 Å². The fourth-order valence-electron chi connectivity index (χ4n) is 3.17. The van der Waals surface area contributed by atoms with Crippen molar-refractivity contribution >= 4 is 23.2 Å². The predicted molar refractivity (Wildman–Crippen MR) is 95.3 cm³/mol. The quantitative estimate of drug-likeness (QED) is 0.780. The van der Waals surface area contributed by atoms with Crippen molar-refractivity contribution in [3.63, 3.8) is 0 Å². The Balaban J connectivity index is 1.30. The largest absolute Gasteiger partial charge is 0.422 e. The van der Waals surface area contributed by atoms with Crippen LogP contribution in [0.25, 0.3) is 11.2 Å². The maximum absolute atomic E-state index is 12.9. The molecule has 0 spiro atoms. The number of anilines is 1. The second kappa shape index (κ2) is 7.11. The van der Waals surface area contributed by atoms with Gasteiger partial charge in [-0.25, -0.2) is 9.37 Å². The van der Waals surface area contributed by atoms with Crippen LogP contribution in [-0.4, -0.2) is 35.0 Å². The summed E-state index contributed by atoms with van der Waals surface area (Å²) in [5.74, 6) is -0.336. The summed E-state index contributed by atoms with van der Waals surface area (Å²) in [6, 6.07) is 10.4. The number of piperidine rings is 1. The highest BCUT2D eigenvalue weighted by Crippen LogP contribution is 2.23. The van der Waals surface area contributed by atoms with Crippen LogP contribution in [0.2, 0.25) is 0 Å². The van der Waals surface area contributed by atoms with Crippen molar-refractivity contribution < 1.29 is 13.6 Å². The molecule has 1 aromatic carbocycles. The zero-order chi connectivity index (χ0) is 17.9. The van der Waals surface area contributed by atoms with Gasteiger partial charge in [0.1, 0.15) is 5.82 Å². The third-order valence-corrected chi connectivity index (χ3v) is 4.56. The van der Waals surface area contributed by atoms with Crippen molar-refractivity contribution in [2.45, 2.75) is 25.3 Å². The van der Waals surface area contributed by atoms with E-state index in [2.05, 4.69) is 20.2 Å². The van der Waals surface area contributed by atoms with Gasteiger partial charge < -0.3 is 14.6 Å². The number of nitrogens with zero attached hydrogens (tertiary/aromatic N) is 3. The first-order valence-corrected chi connectivity index (χ1v) is 8.68. The molecule has 0 atom stereocenters. The Hall–Kier alpha value is -2.96. The Labute approximate surface area is 150 Å². The van der Waals surface area contributed by atoms with Gasteiger partial charge in [0.05, 0.1) is 6.42 Å². The molecule has 4 rings (SSSR count). The molecular formula is C19H19FN4O2. The number of nitrogens with one attached hydrogen (secondary N) is 1. The Morgan fingerprint density at radius 3 is 2.73 bits per heavy atom. The van der Waals surface area contributed by atoms with Crippen LogP contribution in [0.15, 0.2) is 47.0 Å². The Bertz CT molecular complexity index is 868. The molecule has 7 heteroatoms. The molecule has 1 amide bonds. The fraction of sp³-hybridized carbons (Fsp3) is 0.316. The molecule has 1 aliphatic heterocycles. The summed E-state index contributed by atoms with van der Waals surface area (Å²) < 4.78 is 18.7. The molecule has 3 aromatic rings. The number of halogens is 1. The lowest BCUT2D eigenvalue weighted by atomic mass is 10.0. The van der Waals surface area contributed by atoms with E-state index in [1.54, 1.807) is 18.3 Å². The van der Waals surface area contributed by atoms with E-state index in [1.807, 2.05) is 12.1 Å². The predicted octanol–water partition coefficient (Wildman–Crippen LogP) is 2.69. The molecule has 2 aromatic heterocycles. The number of hydrogen-bond donors (Lipinski definition) is 1. The van der Waals surface area contributed by atoms with E-state index >= 15 is 0 Å². The number of carbonyl (C=O) groups excluding carboxylic acids is 1. The Morgan fingerprint density at radius 1 is 1.23 bits per heavy atom. The highest BCUT2D eigenvalue weighted by molar-refractivity contribution is 5.78. The van der Waals surface area contributed by atoms with Crippen LogP contribution in [0, 0.1) is 5.82 Å². The van der Waals surface area contributed by atoms with Crippen molar-refractivity contribution in [1.29, 1.82) is 0 Å². The third-order valence-electron chi connectivity index (χ3n) is 4.56. The van der Waals surface area contributed by atoms with Gasteiger partial charge in [-0.2, -0.15) is 4.98 Å². The van der Waals surface area contributed by atoms with Crippen molar-refractivity contribution in [3.8, 4) is 0 Å². The van der Waals surface area contributed by atoms with Gasteiger partial charge in [-0.3, -0.25) is 4.79 Å². The van der Waals surface area contributed by atoms with Gasteiger partial charge in [0.15, 0.2) is 5.58 Å². The summed E-state index contributed by atoms with van der Waals surface area (Å²) in [6.07, 6.45) is 3.59. The maximum atomic E-state index is 12.9. The van der Waals surface area contributed by atoms with E-state index in [-0.39, 0.29) is 24.2 Å². The molecule has 3 heterocycles. The smallest absolute Gasteiger partial charge is 0.299 e. The highest BCUT2D eigenvalue weighted by atomic mass is 19.1. The number of fused-ring (bicyclic) bond motifs is 1. The van der Waals surface area contributed by atoms with E-state index < -0.39 is 0 Å². The molecule has 1 fully saturated rings. The topological polar surface area (TPSA) is 71.3 Å². The minimum Gasteiger partial charge on any atom is -0.422 e. The Kier molecular flexibility index (Phi) is 4.51. The molecular weight excluding hydrogens is 335 g/mol. The summed E-state index contributed by atoms with van der Waals surface area (Å²) in [6.45, 7) is 1.52. The van der Waals surface area contributed by atoms with Gasteiger partial charge in [0.2, 0.25) is 11.6 Å². The summed E-state index contributed by atoms with van der Waals surface area (Å²) in [4.78, 5) is 22.9. The van der Waals surface area contributed by atoms with Crippen molar-refractivity contribution in [2.24, 2.45) is 0 Å². The molecule has 134 valence electrons. The zero-order valence-electron chi connectivity index (χ0n) is 14.2. The van der Waals surface area contributed by atoms with Crippen LogP contribution in [-0.2, 0) is 11.2 Å². The maximum Gasteiger partial charge on any atom is 0.299 e. The van der Waals surface area contributed by atoms with Crippen LogP contribution >= 0.6 is 0 Å². The van der Waals surface area contributed by atoms with Crippen LogP contribution in [0.1, 0.15) is 18.4 Å². The zero-order valence-corrected chi connectivity index (χ0v) is 14.2. The van der Waals surface area contributed by atoms with Gasteiger partial charge in [-0.05, 0) is 42.7 Å². The molecule has 0 aliphatic carbocycles. The first-order chi connectivity index (χ1) is 12.7. The first-order valence-electron chi connectivity index (χ1n) is 8.68. The minimum atomic E-state index is -0.295. The molecule has 6 nitrogen and oxygen atoms in total. The number of aromatic nitrogens is 2. The number of amides is 1. The Morgan fingerprint density at radius 2 is 2.00 bits per heavy atom. The van der Waals surface area contributed by atoms with Gasteiger partial charge in [-0.1, -0.05) is 12.1 Å². The number of pyridine rings is 1. The monoisotopic (exact) mass is 354 g/mol. The van der Waals surface area contributed by atoms with Crippen molar-refractivity contribution in [3.05, 3.63) is 54.0 Å². The summed E-state index contributed by atoms with van der Waals surface area (Å²) in [7, 11) is 0. The van der Waals surface area contributed by atoms with Crippen molar-refractivity contribution in [2.75, 3.05) is 18.0 Å². The van der Waals surface area contributed by atoms with E-state index in [9.17, 15) is 9.18 Å². The second-order valence-corrected chi connectivity index (χ2v) is 6.45. The molecule has 1 N–H and O–H groups in total. The average Bonchev–Trinajstić information content (AvgIpc) is 3.08. The van der Waals surface area contributed by atoms with E-state index in [0.29, 0.717) is 17.2 Å². The standard InChI is InChI=1S/C19H19FN4O2/c20-14-5-3-13(4-6-14)12-17(25)22-15-7-10-24(11-8-15)19-23-18-16(26-19)2-1-9-21-18/h1-6,9,15H,7-8,10-12H2,(H,22,25). The molecule has 1 saturated heterocycles. The molecule has 1 aliphatic rings. The lowest BCUT2D eigenvalue weighted by Gasteiger charge is -2.31. The molecule has 0 saturated carbocycles. The van der Waals surface area contributed by atoms with Crippen LogP contribution in [0.3, 0.4) is 0 Å². The number of rotatable bonds is 4. The van der Waals surface area contributed by atoms with E-state index in [1.165, 1.54) is 12.1 Å². The lowest BCUT2D eigenvalue weighted by molar-refractivity contribution is -0.121. The summed E-state index contributed by atoms with van der Waals surface area (Å²) in [5, 5.41) is 3.06. The molecule has 0 unspecified atom stereocenters. The second-order valence-electron chi connectivity index (χ2n) is 6.45. The summed E-state index contributed by atoms with van der Waals surface area (Å²) >= 11 is 0. The van der Waals surface area contributed by atoms with Gasteiger partial charge >= 0.3 is 0 Å². The van der Waals surface area contributed by atoms with Crippen LogP contribution in [0.5, 0.6) is 0 Å². The van der Waals surface area contributed by atoms with Crippen LogP contribution in [0.4, 0.5) is 10.4 Å². The first kappa shape index (κ1) is 16.5. The van der Waals surface area contributed by atoms with Crippen LogP contribution < -0.4 is 10.2 Å². The SMILES string of the molecule is O=C(Cc1ccc(F)cc1)NC1CCN(c2nc3ncccc3o2)CC1. The average molecular weight is 354 g/mol.